The molecule has 2 heterocycles. The van der Waals surface area contributed by atoms with E-state index in [1.807, 2.05) is 18.2 Å². The molecule has 0 radical (unpaired) electrons. The highest BCUT2D eigenvalue weighted by Gasteiger charge is 2.40. The minimum atomic E-state index is -0.167. The van der Waals surface area contributed by atoms with E-state index in [-0.39, 0.29) is 12.0 Å². The smallest absolute Gasteiger partial charge is 0.238 e. The average Bonchev–Trinajstić information content (AvgIpc) is 2.71. The third-order valence-electron chi connectivity index (χ3n) is 4.84. The molecule has 0 aliphatic carbocycles. The number of hydrazine groups is 1. The number of fused-ring (bicyclic) bond motifs is 2. The van der Waals surface area contributed by atoms with E-state index in [1.54, 1.807) is 0 Å². The van der Waals surface area contributed by atoms with Crippen molar-refractivity contribution in [3.63, 3.8) is 0 Å². The molecule has 2 aliphatic heterocycles. The number of aliphatic hydroxyl groups excluding tert-OH is 1. The number of carbonyl (C=O) groups is 1. The molecule has 114 valence electrons. The Morgan fingerprint density at radius 2 is 1.86 bits per heavy atom. The second kappa shape index (κ2) is 6.13. The fourth-order valence-electron chi connectivity index (χ4n) is 3.81. The van der Waals surface area contributed by atoms with E-state index < -0.39 is 0 Å². The van der Waals surface area contributed by atoms with Crippen molar-refractivity contribution in [2.75, 3.05) is 0 Å². The molecule has 3 rings (SSSR count). The van der Waals surface area contributed by atoms with Crippen LogP contribution in [0.2, 0.25) is 0 Å². The number of piperidine rings is 1. The Balaban J connectivity index is 1.75. The molecule has 2 unspecified atom stereocenters. The maximum Gasteiger partial charge on any atom is 0.238 e. The Morgan fingerprint density at radius 1 is 1.24 bits per heavy atom. The van der Waals surface area contributed by atoms with Crippen LogP contribution in [0.3, 0.4) is 0 Å². The molecule has 2 atom stereocenters. The summed E-state index contributed by atoms with van der Waals surface area (Å²) < 4.78 is 0. The number of nitrogens with two attached hydrogens (primary N) is 1. The molecule has 5 nitrogen and oxygen atoms in total. The number of hydrogen-bond donors (Lipinski definition) is 3. The number of aliphatic hydroxyl groups is 1. The summed E-state index contributed by atoms with van der Waals surface area (Å²) in [5.74, 6) is 5.02. The molecule has 0 spiro atoms. The highest BCUT2D eigenvalue weighted by atomic mass is 16.3. The summed E-state index contributed by atoms with van der Waals surface area (Å²) in [6, 6.07) is 9.01. The highest BCUT2D eigenvalue weighted by Crippen LogP contribution is 2.37. The van der Waals surface area contributed by atoms with Crippen LogP contribution in [0.15, 0.2) is 24.3 Å². The van der Waals surface area contributed by atoms with Gasteiger partial charge in [-0.15, -0.1) is 0 Å². The minimum Gasteiger partial charge on any atom is -0.393 e. The zero-order valence-corrected chi connectivity index (χ0v) is 12.2. The Morgan fingerprint density at radius 3 is 2.48 bits per heavy atom. The van der Waals surface area contributed by atoms with E-state index in [1.165, 1.54) is 18.4 Å². The Labute approximate surface area is 125 Å². The predicted octanol–water partition coefficient (Wildman–Crippen LogP) is 0.707. The van der Waals surface area contributed by atoms with Crippen LogP contribution in [0.25, 0.3) is 0 Å². The van der Waals surface area contributed by atoms with Crippen molar-refractivity contribution in [1.29, 1.82) is 0 Å². The predicted molar refractivity (Wildman–Crippen MR) is 80.1 cm³/mol. The van der Waals surface area contributed by atoms with Crippen molar-refractivity contribution in [3.05, 3.63) is 35.4 Å². The second-order valence-corrected chi connectivity index (χ2v) is 6.20. The van der Waals surface area contributed by atoms with E-state index in [4.69, 9.17) is 5.84 Å². The van der Waals surface area contributed by atoms with Crippen molar-refractivity contribution < 1.29 is 9.90 Å². The van der Waals surface area contributed by atoms with Gasteiger partial charge < -0.3 is 5.11 Å². The summed E-state index contributed by atoms with van der Waals surface area (Å²) in [5.41, 5.74) is 4.42. The molecule has 0 saturated carbocycles. The summed E-state index contributed by atoms with van der Waals surface area (Å²) in [5, 5.41) is 9.89. The summed E-state index contributed by atoms with van der Waals surface area (Å²) in [4.78, 5) is 14.0. The largest absolute Gasteiger partial charge is 0.393 e. The Kier molecular flexibility index (Phi) is 4.24. The number of carbonyl (C=O) groups excluding carboxylic acids is 1. The molecule has 2 fully saturated rings. The van der Waals surface area contributed by atoms with Crippen LogP contribution >= 0.6 is 0 Å². The minimum absolute atomic E-state index is 0.142. The van der Waals surface area contributed by atoms with Gasteiger partial charge in [0.05, 0.1) is 12.5 Å². The number of rotatable bonds is 4. The molecule has 0 aromatic heterocycles. The van der Waals surface area contributed by atoms with Gasteiger partial charge in [-0.05, 0) is 36.8 Å². The number of amides is 1. The fraction of sp³-hybridized carbons (Fsp3) is 0.562. The van der Waals surface area contributed by atoms with Crippen LogP contribution in [0.5, 0.6) is 0 Å². The monoisotopic (exact) mass is 289 g/mol. The average molecular weight is 289 g/mol. The normalized spacial score (nSPS) is 28.6. The maximum absolute atomic E-state index is 11.5. The summed E-state index contributed by atoms with van der Waals surface area (Å²) in [7, 11) is 0. The fourth-order valence-corrected chi connectivity index (χ4v) is 3.81. The standard InChI is InChI=1S/C16H23N3O2/c17-18-16(21)7-11-3-1-2-4-12(11)10-19-13-5-6-14(19)9-15(20)8-13/h1-4,13-15,20H,5-10,17H2,(H,18,21). The van der Waals surface area contributed by atoms with E-state index in [2.05, 4.69) is 16.4 Å². The van der Waals surface area contributed by atoms with Crippen LogP contribution in [0.4, 0.5) is 0 Å². The van der Waals surface area contributed by atoms with E-state index in [0.717, 1.165) is 24.9 Å². The topological polar surface area (TPSA) is 78.6 Å². The Hall–Kier alpha value is -1.43. The molecule has 5 heteroatoms. The molecular weight excluding hydrogens is 266 g/mol. The molecule has 2 bridgehead atoms. The lowest BCUT2D eigenvalue weighted by molar-refractivity contribution is -0.120. The first-order chi connectivity index (χ1) is 10.2. The van der Waals surface area contributed by atoms with Gasteiger partial charge in [0.15, 0.2) is 0 Å². The van der Waals surface area contributed by atoms with Gasteiger partial charge in [-0.3, -0.25) is 15.1 Å². The van der Waals surface area contributed by atoms with Crippen molar-refractivity contribution in [2.45, 2.75) is 56.8 Å². The van der Waals surface area contributed by atoms with Gasteiger partial charge in [0.1, 0.15) is 0 Å². The molecule has 2 saturated heterocycles. The third-order valence-corrected chi connectivity index (χ3v) is 4.84. The summed E-state index contributed by atoms with van der Waals surface area (Å²) in [6.07, 6.45) is 4.28. The first-order valence-corrected chi connectivity index (χ1v) is 7.67. The van der Waals surface area contributed by atoms with Crippen LogP contribution < -0.4 is 11.3 Å². The van der Waals surface area contributed by atoms with E-state index in [0.29, 0.717) is 18.5 Å². The third kappa shape index (κ3) is 3.10. The number of nitrogens with one attached hydrogen (secondary N) is 1. The lowest BCUT2D eigenvalue weighted by Crippen LogP contribution is -2.44. The number of nitrogens with zero attached hydrogens (tertiary/aromatic N) is 1. The first kappa shape index (κ1) is 14.5. The quantitative estimate of drug-likeness (QED) is 0.433. The lowest BCUT2D eigenvalue weighted by atomic mass is 9.97. The lowest BCUT2D eigenvalue weighted by Gasteiger charge is -2.37. The Bertz CT molecular complexity index is 506. The van der Waals surface area contributed by atoms with Crippen molar-refractivity contribution in [3.8, 4) is 0 Å². The van der Waals surface area contributed by atoms with Gasteiger partial charge in [0.25, 0.3) is 0 Å². The molecule has 4 N–H and O–H groups in total. The molecule has 1 amide bonds. The molecule has 21 heavy (non-hydrogen) atoms. The van der Waals surface area contributed by atoms with E-state index in [9.17, 15) is 9.90 Å². The van der Waals surface area contributed by atoms with Crippen LogP contribution in [0, 0.1) is 0 Å². The first-order valence-electron chi connectivity index (χ1n) is 7.67. The van der Waals surface area contributed by atoms with Gasteiger partial charge in [0.2, 0.25) is 5.91 Å². The number of hydrogen-bond acceptors (Lipinski definition) is 4. The van der Waals surface area contributed by atoms with Crippen molar-refractivity contribution >= 4 is 5.91 Å². The van der Waals surface area contributed by atoms with Crippen LogP contribution in [-0.4, -0.2) is 34.1 Å². The zero-order valence-electron chi connectivity index (χ0n) is 12.2. The molecular formula is C16H23N3O2. The van der Waals surface area contributed by atoms with Gasteiger partial charge in [-0.1, -0.05) is 24.3 Å². The molecule has 1 aromatic carbocycles. The number of benzene rings is 1. The van der Waals surface area contributed by atoms with Gasteiger partial charge in [0, 0.05) is 18.6 Å². The van der Waals surface area contributed by atoms with Gasteiger partial charge in [-0.25, -0.2) is 5.84 Å². The SMILES string of the molecule is NNC(=O)Cc1ccccc1CN1C2CCC1CC(O)C2. The van der Waals surface area contributed by atoms with E-state index >= 15 is 0 Å². The zero-order chi connectivity index (χ0) is 14.8. The second-order valence-electron chi connectivity index (χ2n) is 6.20. The molecule has 2 aliphatic rings. The van der Waals surface area contributed by atoms with Crippen LogP contribution in [0.1, 0.15) is 36.8 Å². The summed E-state index contributed by atoms with van der Waals surface area (Å²) >= 11 is 0. The van der Waals surface area contributed by atoms with Gasteiger partial charge in [-0.2, -0.15) is 0 Å². The molecule has 1 aromatic rings. The van der Waals surface area contributed by atoms with Crippen molar-refractivity contribution in [1.82, 2.24) is 10.3 Å². The van der Waals surface area contributed by atoms with Gasteiger partial charge >= 0.3 is 0 Å². The highest BCUT2D eigenvalue weighted by molar-refractivity contribution is 5.78. The summed E-state index contributed by atoms with van der Waals surface area (Å²) in [6.45, 7) is 0.857. The van der Waals surface area contributed by atoms with Crippen LogP contribution in [-0.2, 0) is 17.8 Å². The maximum atomic E-state index is 11.5. The van der Waals surface area contributed by atoms with Crippen molar-refractivity contribution in [2.24, 2.45) is 5.84 Å².